The van der Waals surface area contributed by atoms with E-state index in [9.17, 15) is 14.9 Å². The molecule has 112 valence electrons. The fourth-order valence-electron chi connectivity index (χ4n) is 1.62. The van der Waals surface area contributed by atoms with E-state index in [1.807, 2.05) is 0 Å². The van der Waals surface area contributed by atoms with Crippen molar-refractivity contribution in [3.8, 4) is 5.75 Å². The monoisotopic (exact) mass is 316 g/mol. The molecule has 0 saturated heterocycles. The lowest BCUT2D eigenvalue weighted by atomic mass is 10.3. The normalized spacial score (nSPS) is 10.0. The van der Waals surface area contributed by atoms with Gasteiger partial charge in [0.15, 0.2) is 0 Å². The van der Waals surface area contributed by atoms with Gasteiger partial charge in [-0.3, -0.25) is 10.1 Å². The van der Waals surface area contributed by atoms with Crippen LogP contribution in [0.3, 0.4) is 0 Å². The molecule has 7 heteroatoms. The van der Waals surface area contributed by atoms with Gasteiger partial charge in [-0.25, -0.2) is 9.78 Å². The number of nitrogens with zero attached hydrogens (tertiary/aromatic N) is 2. The molecule has 0 aliphatic rings. The number of pyridine rings is 1. The molecule has 0 radical (unpaired) electrons. The highest BCUT2D eigenvalue weighted by molar-refractivity contribution is 7.99. The van der Waals surface area contributed by atoms with Gasteiger partial charge in [0.2, 0.25) is 0 Å². The van der Waals surface area contributed by atoms with Gasteiger partial charge in [-0.05, 0) is 18.2 Å². The Hall–Kier alpha value is -2.67. The largest absolute Gasteiger partial charge is 0.423 e. The Morgan fingerprint density at radius 2 is 2.23 bits per heavy atom. The summed E-state index contributed by atoms with van der Waals surface area (Å²) < 4.78 is 5.19. The smallest absolute Gasteiger partial charge is 0.346 e. The van der Waals surface area contributed by atoms with Gasteiger partial charge < -0.3 is 4.74 Å². The molecule has 0 atom stereocenters. The van der Waals surface area contributed by atoms with E-state index in [1.54, 1.807) is 24.4 Å². The van der Waals surface area contributed by atoms with Crippen molar-refractivity contribution in [2.45, 2.75) is 5.03 Å². The summed E-state index contributed by atoms with van der Waals surface area (Å²) in [6, 6.07) is 8.69. The molecule has 0 saturated carbocycles. The lowest BCUT2D eigenvalue weighted by Crippen LogP contribution is -2.10. The predicted octanol–water partition coefficient (Wildman–Crippen LogP) is 3.49. The molecular weight excluding hydrogens is 304 g/mol. The van der Waals surface area contributed by atoms with Crippen molar-refractivity contribution in [1.82, 2.24) is 4.98 Å². The number of non-ortho nitro benzene ring substituents is 1. The summed E-state index contributed by atoms with van der Waals surface area (Å²) in [4.78, 5) is 26.5. The molecule has 1 aromatic carbocycles. The van der Waals surface area contributed by atoms with Gasteiger partial charge in [0, 0.05) is 18.0 Å². The van der Waals surface area contributed by atoms with Gasteiger partial charge >= 0.3 is 5.97 Å². The van der Waals surface area contributed by atoms with Gasteiger partial charge in [-0.2, -0.15) is 0 Å². The number of aromatic nitrogens is 1. The van der Waals surface area contributed by atoms with E-state index in [2.05, 4.69) is 11.6 Å². The molecule has 0 unspecified atom stereocenters. The van der Waals surface area contributed by atoms with Gasteiger partial charge in [0.1, 0.15) is 10.8 Å². The first-order chi connectivity index (χ1) is 10.6. The molecule has 0 N–H and O–H groups in total. The fourth-order valence-corrected chi connectivity index (χ4v) is 2.34. The van der Waals surface area contributed by atoms with Crippen LogP contribution in [0, 0.1) is 10.1 Å². The number of thioether (sulfide) groups is 1. The highest BCUT2D eigenvalue weighted by Gasteiger charge is 2.16. The second kappa shape index (κ2) is 7.37. The van der Waals surface area contributed by atoms with Crippen molar-refractivity contribution in [2.24, 2.45) is 0 Å². The maximum absolute atomic E-state index is 12.2. The Labute approximate surface area is 131 Å². The van der Waals surface area contributed by atoms with Crippen molar-refractivity contribution >= 4 is 23.4 Å². The molecule has 0 amide bonds. The third-order valence-electron chi connectivity index (χ3n) is 2.57. The van der Waals surface area contributed by atoms with Gasteiger partial charge in [0.05, 0.1) is 16.6 Å². The van der Waals surface area contributed by atoms with Crippen LogP contribution in [-0.2, 0) is 0 Å². The van der Waals surface area contributed by atoms with E-state index in [-0.39, 0.29) is 11.4 Å². The molecule has 2 aromatic rings. The maximum atomic E-state index is 12.2. The topological polar surface area (TPSA) is 82.3 Å². The molecule has 0 bridgehead atoms. The van der Waals surface area contributed by atoms with Crippen LogP contribution in [-0.4, -0.2) is 21.6 Å². The molecular formula is C15H12N2O4S. The number of benzene rings is 1. The average molecular weight is 316 g/mol. The van der Waals surface area contributed by atoms with Crippen molar-refractivity contribution in [3.05, 3.63) is 70.9 Å². The van der Waals surface area contributed by atoms with Crippen LogP contribution in [0.4, 0.5) is 5.69 Å². The molecule has 22 heavy (non-hydrogen) atoms. The highest BCUT2D eigenvalue weighted by Crippen LogP contribution is 2.23. The van der Waals surface area contributed by atoms with E-state index in [0.717, 1.165) is 0 Å². The minimum absolute atomic E-state index is 0.114. The molecule has 0 spiro atoms. The summed E-state index contributed by atoms with van der Waals surface area (Å²) >= 11 is 1.36. The van der Waals surface area contributed by atoms with E-state index >= 15 is 0 Å². The molecule has 6 nitrogen and oxygen atoms in total. The van der Waals surface area contributed by atoms with Gasteiger partial charge in [0.25, 0.3) is 5.69 Å². The SMILES string of the molecule is C=CCSc1ncccc1C(=O)Oc1cccc([N+](=O)[O-])c1. The van der Waals surface area contributed by atoms with Crippen molar-refractivity contribution < 1.29 is 14.5 Å². The summed E-state index contributed by atoms with van der Waals surface area (Å²) in [5.41, 5.74) is 0.165. The van der Waals surface area contributed by atoms with Crippen LogP contribution in [0.2, 0.25) is 0 Å². The molecule has 1 heterocycles. The quantitative estimate of drug-likeness (QED) is 0.203. The Morgan fingerprint density at radius 1 is 1.41 bits per heavy atom. The maximum Gasteiger partial charge on any atom is 0.346 e. The molecule has 0 aliphatic heterocycles. The molecule has 0 fully saturated rings. The minimum atomic E-state index is -0.611. The minimum Gasteiger partial charge on any atom is -0.423 e. The Kier molecular flexibility index (Phi) is 5.26. The van der Waals surface area contributed by atoms with E-state index in [0.29, 0.717) is 16.3 Å². The van der Waals surface area contributed by atoms with Crippen LogP contribution in [0.5, 0.6) is 5.75 Å². The van der Waals surface area contributed by atoms with E-state index in [4.69, 9.17) is 4.74 Å². The summed E-state index contributed by atoms with van der Waals surface area (Å²) in [6.07, 6.45) is 3.28. The van der Waals surface area contributed by atoms with Crippen LogP contribution in [0.15, 0.2) is 60.3 Å². The molecule has 1 aromatic heterocycles. The van der Waals surface area contributed by atoms with Crippen LogP contribution in [0.25, 0.3) is 0 Å². The first-order valence-corrected chi connectivity index (χ1v) is 7.25. The zero-order chi connectivity index (χ0) is 15.9. The number of rotatable bonds is 6. The van der Waals surface area contributed by atoms with Crippen LogP contribution in [0.1, 0.15) is 10.4 Å². The van der Waals surface area contributed by atoms with E-state index in [1.165, 1.54) is 36.0 Å². The van der Waals surface area contributed by atoms with Gasteiger partial charge in [-0.1, -0.05) is 12.1 Å². The summed E-state index contributed by atoms with van der Waals surface area (Å²) in [7, 11) is 0. The standard InChI is InChI=1S/C15H12N2O4S/c1-2-9-22-14-13(7-4-8-16-14)15(18)21-12-6-3-5-11(10-12)17(19)20/h2-8,10H,1,9H2. The number of hydrogen-bond acceptors (Lipinski definition) is 6. The fraction of sp³-hybridized carbons (Fsp3) is 0.0667. The second-order valence-corrected chi connectivity index (χ2v) is 5.11. The lowest BCUT2D eigenvalue weighted by Gasteiger charge is -2.07. The number of esters is 1. The first-order valence-electron chi connectivity index (χ1n) is 6.27. The lowest BCUT2D eigenvalue weighted by molar-refractivity contribution is -0.384. The third kappa shape index (κ3) is 3.92. The Bertz CT molecular complexity index is 718. The number of ether oxygens (including phenoxy) is 1. The number of hydrogen-bond donors (Lipinski definition) is 0. The van der Waals surface area contributed by atoms with Crippen LogP contribution < -0.4 is 4.74 Å². The van der Waals surface area contributed by atoms with E-state index < -0.39 is 10.9 Å². The first kappa shape index (κ1) is 15.7. The highest BCUT2D eigenvalue weighted by atomic mass is 32.2. The zero-order valence-electron chi connectivity index (χ0n) is 11.5. The van der Waals surface area contributed by atoms with Crippen LogP contribution >= 0.6 is 11.8 Å². The van der Waals surface area contributed by atoms with Gasteiger partial charge in [-0.15, -0.1) is 18.3 Å². The Morgan fingerprint density at radius 3 is 2.95 bits per heavy atom. The molecule has 2 rings (SSSR count). The second-order valence-electron chi connectivity index (χ2n) is 4.10. The Balaban J connectivity index is 2.20. The average Bonchev–Trinajstić information content (AvgIpc) is 2.53. The number of carbonyl (C=O) groups is 1. The predicted molar refractivity (Wildman–Crippen MR) is 83.2 cm³/mol. The summed E-state index contributed by atoms with van der Waals surface area (Å²) in [5, 5.41) is 11.2. The number of carbonyl (C=O) groups excluding carboxylic acids is 1. The van der Waals surface area contributed by atoms with Crippen molar-refractivity contribution in [1.29, 1.82) is 0 Å². The number of nitro groups is 1. The summed E-state index contributed by atoms with van der Waals surface area (Å²) in [5.74, 6) is 0.108. The number of nitro benzene ring substituents is 1. The van der Waals surface area contributed by atoms with Crippen molar-refractivity contribution in [3.63, 3.8) is 0 Å². The third-order valence-corrected chi connectivity index (χ3v) is 3.57. The zero-order valence-corrected chi connectivity index (χ0v) is 12.3. The van der Waals surface area contributed by atoms with Crippen molar-refractivity contribution in [2.75, 3.05) is 5.75 Å². The molecule has 0 aliphatic carbocycles. The summed E-state index contributed by atoms with van der Waals surface area (Å²) in [6.45, 7) is 3.62.